The summed E-state index contributed by atoms with van der Waals surface area (Å²) in [4.78, 5) is 0. The third-order valence-corrected chi connectivity index (χ3v) is 2.66. The Hall–Kier alpha value is -1.73. The highest BCUT2D eigenvalue weighted by Gasteiger charge is 1.96. The molecule has 0 aromatic heterocycles. The Kier molecular flexibility index (Phi) is 3.84. The summed E-state index contributed by atoms with van der Waals surface area (Å²) >= 11 is 5.82. The van der Waals surface area contributed by atoms with Crippen LogP contribution in [-0.4, -0.2) is 0 Å². The molecule has 0 heterocycles. The Morgan fingerprint density at radius 3 is 2.59 bits per heavy atom. The molecule has 86 valence electrons. The van der Waals surface area contributed by atoms with Crippen LogP contribution in [0.4, 0.5) is 0 Å². The van der Waals surface area contributed by atoms with E-state index in [2.05, 4.69) is 6.58 Å². The molecule has 0 atom stereocenters. The van der Waals surface area contributed by atoms with Gasteiger partial charge >= 0.3 is 0 Å². The normalized spacial score (nSPS) is 9.94. The Morgan fingerprint density at radius 2 is 1.88 bits per heavy atom. The van der Waals surface area contributed by atoms with E-state index in [-0.39, 0.29) is 0 Å². The molecule has 0 unspecified atom stereocenters. The van der Waals surface area contributed by atoms with E-state index in [1.54, 1.807) is 6.08 Å². The average molecular weight is 245 g/mol. The van der Waals surface area contributed by atoms with Gasteiger partial charge in [0.15, 0.2) is 0 Å². The van der Waals surface area contributed by atoms with Crippen LogP contribution in [0, 0.1) is 0 Å². The first-order chi connectivity index (χ1) is 8.28. The maximum atomic E-state index is 5.82. The van der Waals surface area contributed by atoms with E-state index in [4.69, 9.17) is 16.3 Å². The molecule has 0 saturated heterocycles. The largest absolute Gasteiger partial charge is 0.489 e. The molecule has 0 saturated carbocycles. The van der Waals surface area contributed by atoms with E-state index >= 15 is 0 Å². The van der Waals surface area contributed by atoms with Gasteiger partial charge in [-0.25, -0.2) is 0 Å². The molecule has 0 aliphatic carbocycles. The lowest BCUT2D eigenvalue weighted by Gasteiger charge is -2.07. The highest BCUT2D eigenvalue weighted by Crippen LogP contribution is 2.16. The lowest BCUT2D eigenvalue weighted by Crippen LogP contribution is -1.95. The predicted molar refractivity (Wildman–Crippen MR) is 72.3 cm³/mol. The van der Waals surface area contributed by atoms with Gasteiger partial charge in [0.25, 0.3) is 0 Å². The van der Waals surface area contributed by atoms with Gasteiger partial charge in [-0.2, -0.15) is 0 Å². The minimum absolute atomic E-state index is 0.539. The molecule has 0 fully saturated rings. The summed E-state index contributed by atoms with van der Waals surface area (Å²) in [5.41, 5.74) is 2.15. The lowest BCUT2D eigenvalue weighted by atomic mass is 10.2. The third kappa shape index (κ3) is 3.36. The molecule has 1 nitrogen and oxygen atoms in total. The summed E-state index contributed by atoms with van der Waals surface area (Å²) in [5.74, 6) is 0.845. The minimum Gasteiger partial charge on any atom is -0.489 e. The van der Waals surface area contributed by atoms with Crippen LogP contribution in [-0.2, 0) is 6.61 Å². The summed E-state index contributed by atoms with van der Waals surface area (Å²) in [6, 6.07) is 15.5. The lowest BCUT2D eigenvalue weighted by molar-refractivity contribution is 0.306. The standard InChI is InChI=1S/C15H13ClO/c1-2-12-4-3-5-15(10-12)17-11-13-6-8-14(16)9-7-13/h2-10H,1,11H2. The zero-order valence-corrected chi connectivity index (χ0v) is 10.2. The van der Waals surface area contributed by atoms with Gasteiger partial charge in [0.1, 0.15) is 12.4 Å². The summed E-state index contributed by atoms with van der Waals surface area (Å²) in [5, 5.41) is 0.738. The number of hydrogen-bond donors (Lipinski definition) is 0. The van der Waals surface area contributed by atoms with Gasteiger partial charge < -0.3 is 4.74 Å². The SMILES string of the molecule is C=Cc1cccc(OCc2ccc(Cl)cc2)c1. The molecule has 0 radical (unpaired) electrons. The van der Waals surface area contributed by atoms with Crippen LogP contribution in [0.5, 0.6) is 5.75 Å². The molecule has 17 heavy (non-hydrogen) atoms. The molecule has 2 rings (SSSR count). The summed E-state index contributed by atoms with van der Waals surface area (Å²) in [6.45, 7) is 4.27. The van der Waals surface area contributed by atoms with Gasteiger partial charge in [-0.3, -0.25) is 0 Å². The maximum Gasteiger partial charge on any atom is 0.120 e. The van der Waals surface area contributed by atoms with Crippen LogP contribution in [0.3, 0.4) is 0 Å². The third-order valence-electron chi connectivity index (χ3n) is 2.41. The van der Waals surface area contributed by atoms with Crippen LogP contribution in [0.15, 0.2) is 55.1 Å². The highest BCUT2D eigenvalue weighted by molar-refractivity contribution is 6.30. The fourth-order valence-electron chi connectivity index (χ4n) is 1.48. The van der Waals surface area contributed by atoms with Gasteiger partial charge in [-0.1, -0.05) is 48.5 Å². The van der Waals surface area contributed by atoms with Gasteiger partial charge in [0.05, 0.1) is 0 Å². The second kappa shape index (κ2) is 5.55. The van der Waals surface area contributed by atoms with E-state index in [9.17, 15) is 0 Å². The monoisotopic (exact) mass is 244 g/mol. The van der Waals surface area contributed by atoms with Crippen LogP contribution >= 0.6 is 11.6 Å². The molecule has 2 aromatic rings. The number of ether oxygens (including phenoxy) is 1. The summed E-state index contributed by atoms with van der Waals surface area (Å²) in [6.07, 6.45) is 1.80. The maximum absolute atomic E-state index is 5.82. The smallest absolute Gasteiger partial charge is 0.120 e. The van der Waals surface area contributed by atoms with Crippen molar-refractivity contribution in [2.75, 3.05) is 0 Å². The molecule has 2 heteroatoms. The van der Waals surface area contributed by atoms with E-state index in [0.717, 1.165) is 21.9 Å². The molecule has 0 spiro atoms. The minimum atomic E-state index is 0.539. The fraction of sp³-hybridized carbons (Fsp3) is 0.0667. The van der Waals surface area contributed by atoms with Crippen LogP contribution < -0.4 is 4.74 Å². The molecule has 0 bridgehead atoms. The zero-order valence-electron chi connectivity index (χ0n) is 9.40. The molecule has 0 aliphatic rings. The van der Waals surface area contributed by atoms with Crippen molar-refractivity contribution in [2.45, 2.75) is 6.61 Å². The van der Waals surface area contributed by atoms with Crippen molar-refractivity contribution in [1.82, 2.24) is 0 Å². The first-order valence-electron chi connectivity index (χ1n) is 5.37. The fourth-order valence-corrected chi connectivity index (χ4v) is 1.60. The average Bonchev–Trinajstić information content (AvgIpc) is 2.38. The first-order valence-corrected chi connectivity index (χ1v) is 5.75. The second-order valence-electron chi connectivity index (χ2n) is 3.69. The molecule has 0 N–H and O–H groups in total. The molecule has 0 aliphatic heterocycles. The number of rotatable bonds is 4. The molecular weight excluding hydrogens is 232 g/mol. The Balaban J connectivity index is 2.01. The Bertz CT molecular complexity index is 503. The number of benzene rings is 2. The van der Waals surface area contributed by atoms with Gasteiger partial charge in [0, 0.05) is 5.02 Å². The zero-order chi connectivity index (χ0) is 12.1. The van der Waals surface area contributed by atoms with Gasteiger partial charge in [-0.15, -0.1) is 0 Å². The van der Waals surface area contributed by atoms with Crippen molar-refractivity contribution in [1.29, 1.82) is 0 Å². The van der Waals surface area contributed by atoms with E-state index in [0.29, 0.717) is 6.61 Å². The predicted octanol–water partition coefficient (Wildman–Crippen LogP) is 4.56. The first kappa shape index (κ1) is 11.7. The van der Waals surface area contributed by atoms with Gasteiger partial charge in [0.2, 0.25) is 0 Å². The van der Waals surface area contributed by atoms with Crippen molar-refractivity contribution >= 4 is 17.7 Å². The van der Waals surface area contributed by atoms with Crippen molar-refractivity contribution in [3.63, 3.8) is 0 Å². The van der Waals surface area contributed by atoms with Gasteiger partial charge in [-0.05, 0) is 35.4 Å². The van der Waals surface area contributed by atoms with E-state index < -0.39 is 0 Å². The molecule has 0 amide bonds. The van der Waals surface area contributed by atoms with Crippen molar-refractivity contribution in [3.05, 3.63) is 71.3 Å². The summed E-state index contributed by atoms with van der Waals surface area (Å²) in [7, 11) is 0. The second-order valence-corrected chi connectivity index (χ2v) is 4.13. The molecule has 2 aromatic carbocycles. The highest BCUT2D eigenvalue weighted by atomic mass is 35.5. The van der Waals surface area contributed by atoms with Crippen molar-refractivity contribution in [2.24, 2.45) is 0 Å². The van der Waals surface area contributed by atoms with Crippen molar-refractivity contribution in [3.8, 4) is 5.75 Å². The summed E-state index contributed by atoms with van der Waals surface area (Å²) < 4.78 is 5.68. The number of hydrogen-bond acceptors (Lipinski definition) is 1. The van der Waals surface area contributed by atoms with Crippen molar-refractivity contribution < 1.29 is 4.74 Å². The topological polar surface area (TPSA) is 9.23 Å². The van der Waals surface area contributed by atoms with Crippen LogP contribution in [0.2, 0.25) is 5.02 Å². The van der Waals surface area contributed by atoms with Crippen LogP contribution in [0.25, 0.3) is 6.08 Å². The van der Waals surface area contributed by atoms with Crippen LogP contribution in [0.1, 0.15) is 11.1 Å². The number of halogens is 1. The molecular formula is C15H13ClO. The van der Waals surface area contributed by atoms with E-state index in [1.165, 1.54) is 0 Å². The Morgan fingerprint density at radius 1 is 1.12 bits per heavy atom. The Labute approximate surface area is 106 Å². The quantitative estimate of drug-likeness (QED) is 0.766. The van der Waals surface area contributed by atoms with E-state index in [1.807, 2.05) is 48.5 Å².